The maximum Gasteiger partial charge on any atom is 0.414 e. The lowest BCUT2D eigenvalue weighted by molar-refractivity contribution is -0.117. The molecule has 0 unspecified atom stereocenters. The maximum atomic E-state index is 11.9. The van der Waals surface area contributed by atoms with Crippen LogP contribution < -0.4 is 5.32 Å². The van der Waals surface area contributed by atoms with Gasteiger partial charge in [-0.05, 0) is 33.3 Å². The minimum absolute atomic E-state index is 0.0424. The van der Waals surface area contributed by atoms with Crippen molar-refractivity contribution in [2.45, 2.75) is 59.0 Å². The Balaban J connectivity index is 2.77. The smallest absolute Gasteiger partial charge is 0.414 e. The lowest BCUT2D eigenvalue weighted by atomic mass is 10.2. The van der Waals surface area contributed by atoms with Gasteiger partial charge in [-0.1, -0.05) is 19.8 Å². The van der Waals surface area contributed by atoms with Gasteiger partial charge in [-0.25, -0.2) is 9.48 Å². The predicted octanol–water partition coefficient (Wildman–Crippen LogP) is 2.72. The number of amides is 2. The number of alkyl carbamates (subject to hydrolysis) is 1. The number of unbranched alkanes of at least 4 members (excludes halogenated alkanes) is 2. The van der Waals surface area contributed by atoms with E-state index in [-0.39, 0.29) is 11.9 Å². The number of rotatable bonds is 4. The van der Waals surface area contributed by atoms with Crippen molar-refractivity contribution in [1.82, 2.24) is 15.1 Å². The summed E-state index contributed by atoms with van der Waals surface area (Å²) in [5.74, 6) is -0.254. The summed E-state index contributed by atoms with van der Waals surface area (Å²) < 4.78 is 6.48. The van der Waals surface area contributed by atoms with Crippen LogP contribution in [0.2, 0.25) is 0 Å². The molecule has 0 aromatic carbocycles. The van der Waals surface area contributed by atoms with E-state index in [1.807, 2.05) is 0 Å². The first-order chi connectivity index (χ1) is 10.3. The highest BCUT2D eigenvalue weighted by Crippen LogP contribution is 2.06. The van der Waals surface area contributed by atoms with Gasteiger partial charge in [0.2, 0.25) is 11.9 Å². The van der Waals surface area contributed by atoms with Gasteiger partial charge in [0.1, 0.15) is 5.60 Å². The highest BCUT2D eigenvalue weighted by molar-refractivity contribution is 6.00. The van der Waals surface area contributed by atoms with E-state index in [2.05, 4.69) is 22.3 Å². The first kappa shape index (κ1) is 17.9. The molecule has 1 heterocycles. The molecule has 22 heavy (non-hydrogen) atoms. The van der Waals surface area contributed by atoms with Gasteiger partial charge in [-0.15, -0.1) is 0 Å². The summed E-state index contributed by atoms with van der Waals surface area (Å²) in [5.41, 5.74) is -0.634. The van der Waals surface area contributed by atoms with Crippen molar-refractivity contribution in [3.05, 3.63) is 18.5 Å². The van der Waals surface area contributed by atoms with Gasteiger partial charge in [0, 0.05) is 18.8 Å². The SMILES string of the molecule is CCCCCC(=O)N=C(NC(=O)OC(C)(C)C)n1cccn1. The van der Waals surface area contributed by atoms with Crippen LogP contribution in [0.1, 0.15) is 53.4 Å². The molecule has 1 rings (SSSR count). The summed E-state index contributed by atoms with van der Waals surface area (Å²) in [5, 5.41) is 6.44. The van der Waals surface area contributed by atoms with Crippen molar-refractivity contribution in [2.24, 2.45) is 4.99 Å². The third-order valence-corrected chi connectivity index (χ3v) is 2.56. The zero-order valence-corrected chi connectivity index (χ0v) is 13.6. The van der Waals surface area contributed by atoms with Crippen molar-refractivity contribution in [3.8, 4) is 0 Å². The number of aromatic nitrogens is 2. The Labute approximate surface area is 130 Å². The Morgan fingerprint density at radius 3 is 2.59 bits per heavy atom. The van der Waals surface area contributed by atoms with Crippen molar-refractivity contribution < 1.29 is 14.3 Å². The molecular weight excluding hydrogens is 284 g/mol. The maximum absolute atomic E-state index is 11.9. The number of ether oxygens (including phenoxy) is 1. The minimum Gasteiger partial charge on any atom is -0.444 e. The number of carbonyl (C=O) groups is 2. The monoisotopic (exact) mass is 308 g/mol. The summed E-state index contributed by atoms with van der Waals surface area (Å²) >= 11 is 0. The van der Waals surface area contributed by atoms with E-state index in [0.717, 1.165) is 19.3 Å². The van der Waals surface area contributed by atoms with Gasteiger partial charge in [0.05, 0.1) is 0 Å². The average Bonchev–Trinajstić information content (AvgIpc) is 2.89. The van der Waals surface area contributed by atoms with Crippen molar-refractivity contribution in [2.75, 3.05) is 0 Å². The summed E-state index contributed by atoms with van der Waals surface area (Å²) in [6.45, 7) is 7.33. The Bertz CT molecular complexity index is 515. The molecule has 0 saturated carbocycles. The molecule has 1 aromatic rings. The van der Waals surface area contributed by atoms with Crippen LogP contribution in [0, 0.1) is 0 Å². The van der Waals surface area contributed by atoms with Gasteiger partial charge in [0.15, 0.2) is 0 Å². The fourth-order valence-electron chi connectivity index (χ4n) is 1.63. The van der Waals surface area contributed by atoms with Crippen LogP contribution in [0.25, 0.3) is 0 Å². The highest BCUT2D eigenvalue weighted by atomic mass is 16.6. The van der Waals surface area contributed by atoms with Crippen LogP contribution in [0.5, 0.6) is 0 Å². The quantitative estimate of drug-likeness (QED) is 0.526. The van der Waals surface area contributed by atoms with Gasteiger partial charge in [0.25, 0.3) is 0 Å². The lowest BCUT2D eigenvalue weighted by Gasteiger charge is -2.20. The zero-order valence-electron chi connectivity index (χ0n) is 13.6. The molecule has 7 heteroatoms. The second-order valence-electron chi connectivity index (χ2n) is 5.86. The summed E-state index contributed by atoms with van der Waals surface area (Å²) in [6, 6.07) is 1.67. The highest BCUT2D eigenvalue weighted by Gasteiger charge is 2.18. The predicted molar refractivity (Wildman–Crippen MR) is 83.6 cm³/mol. The largest absolute Gasteiger partial charge is 0.444 e. The third kappa shape index (κ3) is 7.01. The molecule has 7 nitrogen and oxygen atoms in total. The van der Waals surface area contributed by atoms with E-state index >= 15 is 0 Å². The summed E-state index contributed by atoms with van der Waals surface area (Å²) in [4.78, 5) is 27.6. The van der Waals surface area contributed by atoms with Gasteiger partial charge in [-0.3, -0.25) is 10.1 Å². The Kier molecular flexibility index (Phi) is 6.75. The fourth-order valence-corrected chi connectivity index (χ4v) is 1.63. The topological polar surface area (TPSA) is 85.6 Å². The molecule has 0 atom stereocenters. The fraction of sp³-hybridized carbons (Fsp3) is 0.600. The third-order valence-electron chi connectivity index (χ3n) is 2.56. The summed E-state index contributed by atoms with van der Waals surface area (Å²) in [6.07, 6.45) is 5.57. The number of carbonyl (C=O) groups excluding carboxylic acids is 2. The van der Waals surface area contributed by atoms with E-state index in [1.54, 1.807) is 33.0 Å². The first-order valence-corrected chi connectivity index (χ1v) is 7.43. The lowest BCUT2D eigenvalue weighted by Crippen LogP contribution is -2.40. The van der Waals surface area contributed by atoms with Crippen molar-refractivity contribution in [1.29, 1.82) is 0 Å². The molecule has 0 aliphatic heterocycles. The van der Waals surface area contributed by atoms with E-state index in [4.69, 9.17) is 4.74 Å². The van der Waals surface area contributed by atoms with Gasteiger partial charge in [-0.2, -0.15) is 10.1 Å². The van der Waals surface area contributed by atoms with E-state index in [9.17, 15) is 9.59 Å². The second-order valence-corrected chi connectivity index (χ2v) is 5.86. The number of hydrogen-bond donors (Lipinski definition) is 1. The Hall–Kier alpha value is -2.18. The number of nitrogens with one attached hydrogen (secondary N) is 1. The van der Waals surface area contributed by atoms with Crippen LogP contribution in [-0.2, 0) is 9.53 Å². The van der Waals surface area contributed by atoms with Crippen molar-refractivity contribution >= 4 is 18.0 Å². The molecular formula is C15H24N4O3. The molecule has 0 radical (unpaired) electrons. The van der Waals surface area contributed by atoms with Gasteiger partial charge < -0.3 is 4.74 Å². The summed E-state index contributed by atoms with van der Waals surface area (Å²) in [7, 11) is 0. The Morgan fingerprint density at radius 1 is 1.32 bits per heavy atom. The van der Waals surface area contributed by atoms with Crippen LogP contribution in [0.4, 0.5) is 4.79 Å². The molecule has 1 aromatic heterocycles. The number of nitrogens with zero attached hydrogens (tertiary/aromatic N) is 3. The van der Waals surface area contributed by atoms with Crippen LogP contribution in [-0.4, -0.2) is 33.3 Å². The van der Waals surface area contributed by atoms with Crippen LogP contribution >= 0.6 is 0 Å². The number of aliphatic imine (C=N–C) groups is 1. The van der Waals surface area contributed by atoms with Crippen LogP contribution in [0.3, 0.4) is 0 Å². The van der Waals surface area contributed by atoms with E-state index in [1.165, 1.54) is 10.9 Å². The minimum atomic E-state index is -0.678. The van der Waals surface area contributed by atoms with E-state index < -0.39 is 11.7 Å². The molecule has 1 N–H and O–H groups in total. The molecule has 122 valence electrons. The molecule has 2 amide bonds. The molecule has 0 bridgehead atoms. The van der Waals surface area contributed by atoms with Crippen LogP contribution in [0.15, 0.2) is 23.5 Å². The molecule has 0 fully saturated rings. The van der Waals surface area contributed by atoms with Crippen molar-refractivity contribution in [3.63, 3.8) is 0 Å². The van der Waals surface area contributed by atoms with Gasteiger partial charge >= 0.3 is 6.09 Å². The Morgan fingerprint density at radius 2 is 2.05 bits per heavy atom. The van der Waals surface area contributed by atoms with E-state index in [0.29, 0.717) is 6.42 Å². The molecule has 0 saturated heterocycles. The molecule has 0 aliphatic carbocycles. The normalized spacial score (nSPS) is 12.1. The first-order valence-electron chi connectivity index (χ1n) is 7.43. The standard InChI is InChI=1S/C15H24N4O3/c1-5-6-7-9-12(20)17-13(19-11-8-10-16-19)18-14(21)22-15(2,3)4/h8,10-11H,5-7,9H2,1-4H3,(H,17,18,20,21). The molecule has 0 spiro atoms. The molecule has 0 aliphatic rings. The second kappa shape index (κ2) is 8.31. The number of hydrogen-bond acceptors (Lipinski definition) is 4. The zero-order chi connectivity index (χ0) is 16.6. The average molecular weight is 308 g/mol.